The lowest BCUT2D eigenvalue weighted by atomic mass is 9.87. The number of ketones is 1. The predicted octanol–water partition coefficient (Wildman–Crippen LogP) is 1.57. The van der Waals surface area contributed by atoms with Gasteiger partial charge in [-0.2, -0.15) is 0 Å². The molecule has 0 aromatic rings. The number of likely N-dealkylation sites (N-methyl/N-ethyl adjacent to an activating group) is 1. The Morgan fingerprint density at radius 3 is 2.29 bits per heavy atom. The van der Waals surface area contributed by atoms with Gasteiger partial charge in [-0.3, -0.25) is 9.69 Å². The highest BCUT2D eigenvalue weighted by atomic mass is 16.5. The summed E-state index contributed by atoms with van der Waals surface area (Å²) in [5, 5.41) is 0. The third kappa shape index (κ3) is 3.39. The summed E-state index contributed by atoms with van der Waals surface area (Å²) in [7, 11) is 5.52. The average molecular weight is 201 g/mol. The second kappa shape index (κ2) is 5.47. The van der Waals surface area contributed by atoms with E-state index in [1.165, 1.54) is 0 Å². The molecule has 0 amide bonds. The number of nitrogens with zero attached hydrogens (tertiary/aromatic N) is 1. The van der Waals surface area contributed by atoms with Gasteiger partial charge in [-0.1, -0.05) is 6.92 Å². The molecular formula is C11H23NO2. The van der Waals surface area contributed by atoms with Crippen LogP contribution in [0.15, 0.2) is 0 Å². The van der Waals surface area contributed by atoms with Gasteiger partial charge in [-0.15, -0.1) is 0 Å². The van der Waals surface area contributed by atoms with Gasteiger partial charge in [0.05, 0.1) is 5.54 Å². The molecule has 0 saturated carbocycles. The van der Waals surface area contributed by atoms with E-state index in [1.54, 1.807) is 7.11 Å². The normalized spacial score (nSPS) is 14.5. The first-order valence-corrected chi connectivity index (χ1v) is 5.04. The number of hydrogen-bond acceptors (Lipinski definition) is 3. The maximum Gasteiger partial charge on any atom is 0.155 e. The fourth-order valence-electron chi connectivity index (χ4n) is 1.25. The molecule has 1 unspecified atom stereocenters. The number of hydrogen-bond donors (Lipinski definition) is 0. The molecule has 0 aliphatic rings. The molecule has 0 aliphatic heterocycles. The van der Waals surface area contributed by atoms with Crippen molar-refractivity contribution in [3.8, 4) is 0 Å². The standard InChI is InChI=1S/C11H23NO2/c1-9(7-8-14-6)10(13)11(2,3)12(4)5/h9H,7-8H2,1-6H3. The Kier molecular flexibility index (Phi) is 5.31. The van der Waals surface area contributed by atoms with Crippen LogP contribution in [0.25, 0.3) is 0 Å². The summed E-state index contributed by atoms with van der Waals surface area (Å²) in [6.45, 7) is 6.53. The predicted molar refractivity (Wildman–Crippen MR) is 58.4 cm³/mol. The third-order valence-electron chi connectivity index (χ3n) is 2.92. The summed E-state index contributed by atoms with van der Waals surface area (Å²) in [5.74, 6) is 0.340. The summed E-state index contributed by atoms with van der Waals surface area (Å²) in [5.41, 5.74) is -0.382. The van der Waals surface area contributed by atoms with Gasteiger partial charge in [-0.05, 0) is 34.4 Å². The summed E-state index contributed by atoms with van der Waals surface area (Å²) >= 11 is 0. The van der Waals surface area contributed by atoms with Gasteiger partial charge >= 0.3 is 0 Å². The second-order valence-electron chi connectivity index (χ2n) is 4.50. The Bertz CT molecular complexity index is 188. The van der Waals surface area contributed by atoms with Gasteiger partial charge in [0.2, 0.25) is 0 Å². The lowest BCUT2D eigenvalue weighted by molar-refractivity contribution is -0.132. The van der Waals surface area contributed by atoms with Crippen LogP contribution in [-0.2, 0) is 9.53 Å². The molecule has 0 fully saturated rings. The van der Waals surface area contributed by atoms with Crippen LogP contribution in [0.2, 0.25) is 0 Å². The molecule has 0 aliphatic carbocycles. The maximum absolute atomic E-state index is 12.0. The molecule has 0 bridgehead atoms. The van der Waals surface area contributed by atoms with Crippen LogP contribution in [0.5, 0.6) is 0 Å². The molecule has 0 rings (SSSR count). The van der Waals surface area contributed by atoms with Gasteiger partial charge in [0.1, 0.15) is 0 Å². The fourth-order valence-corrected chi connectivity index (χ4v) is 1.25. The molecule has 0 spiro atoms. The molecular weight excluding hydrogens is 178 g/mol. The van der Waals surface area contributed by atoms with E-state index in [1.807, 2.05) is 39.8 Å². The zero-order valence-electron chi connectivity index (χ0n) is 10.3. The van der Waals surface area contributed by atoms with Gasteiger partial charge < -0.3 is 4.74 Å². The smallest absolute Gasteiger partial charge is 0.155 e. The number of carbonyl (C=O) groups is 1. The molecule has 0 radical (unpaired) electrons. The van der Waals surface area contributed by atoms with Crippen LogP contribution in [0, 0.1) is 5.92 Å². The van der Waals surface area contributed by atoms with Crippen molar-refractivity contribution < 1.29 is 9.53 Å². The first-order chi connectivity index (χ1) is 6.34. The number of carbonyl (C=O) groups excluding carboxylic acids is 1. The molecule has 84 valence electrons. The lowest BCUT2D eigenvalue weighted by Crippen LogP contribution is -2.48. The minimum atomic E-state index is -0.382. The molecule has 0 aromatic carbocycles. The first-order valence-electron chi connectivity index (χ1n) is 5.04. The Morgan fingerprint density at radius 2 is 1.93 bits per heavy atom. The van der Waals surface area contributed by atoms with Crippen LogP contribution in [0.1, 0.15) is 27.2 Å². The Hall–Kier alpha value is -0.410. The quantitative estimate of drug-likeness (QED) is 0.653. The molecule has 0 aromatic heterocycles. The molecule has 0 N–H and O–H groups in total. The zero-order valence-corrected chi connectivity index (χ0v) is 10.3. The van der Waals surface area contributed by atoms with Crippen LogP contribution >= 0.6 is 0 Å². The van der Waals surface area contributed by atoms with Crippen molar-refractivity contribution in [3.05, 3.63) is 0 Å². The summed E-state index contributed by atoms with van der Waals surface area (Å²) in [6.07, 6.45) is 0.798. The Balaban J connectivity index is 4.30. The number of ether oxygens (including phenoxy) is 1. The van der Waals surface area contributed by atoms with E-state index in [9.17, 15) is 4.79 Å². The Morgan fingerprint density at radius 1 is 1.43 bits per heavy atom. The highest BCUT2D eigenvalue weighted by Crippen LogP contribution is 2.19. The van der Waals surface area contributed by atoms with Crippen LogP contribution < -0.4 is 0 Å². The fraction of sp³-hybridized carbons (Fsp3) is 0.909. The molecule has 0 heterocycles. The van der Waals surface area contributed by atoms with Gasteiger partial charge in [-0.25, -0.2) is 0 Å². The first kappa shape index (κ1) is 13.6. The summed E-state index contributed by atoms with van der Waals surface area (Å²) in [6, 6.07) is 0. The number of rotatable bonds is 6. The van der Waals surface area contributed by atoms with Crippen molar-refractivity contribution in [2.75, 3.05) is 27.8 Å². The Labute approximate surface area is 87.4 Å². The van der Waals surface area contributed by atoms with E-state index >= 15 is 0 Å². The van der Waals surface area contributed by atoms with E-state index in [0.29, 0.717) is 6.61 Å². The van der Waals surface area contributed by atoms with E-state index in [-0.39, 0.29) is 17.2 Å². The third-order valence-corrected chi connectivity index (χ3v) is 2.92. The molecule has 3 nitrogen and oxygen atoms in total. The lowest BCUT2D eigenvalue weighted by Gasteiger charge is -2.33. The molecule has 1 atom stereocenters. The van der Waals surface area contributed by atoms with Gasteiger partial charge in [0, 0.05) is 19.6 Å². The largest absolute Gasteiger partial charge is 0.385 e. The highest BCUT2D eigenvalue weighted by molar-refractivity contribution is 5.89. The number of Topliss-reactive ketones (excluding diaryl/α,β-unsaturated/α-hetero) is 1. The van der Waals surface area contributed by atoms with Crippen molar-refractivity contribution in [2.24, 2.45) is 5.92 Å². The zero-order chi connectivity index (χ0) is 11.4. The maximum atomic E-state index is 12.0. The van der Waals surface area contributed by atoms with Gasteiger partial charge in [0.25, 0.3) is 0 Å². The van der Waals surface area contributed by atoms with E-state index < -0.39 is 0 Å². The number of methoxy groups -OCH3 is 1. The van der Waals surface area contributed by atoms with Crippen LogP contribution in [0.3, 0.4) is 0 Å². The van der Waals surface area contributed by atoms with Gasteiger partial charge in [0.15, 0.2) is 5.78 Å². The summed E-state index contributed by atoms with van der Waals surface area (Å²) in [4.78, 5) is 14.0. The second-order valence-corrected chi connectivity index (χ2v) is 4.50. The molecule has 14 heavy (non-hydrogen) atoms. The van der Waals surface area contributed by atoms with Crippen molar-refractivity contribution in [3.63, 3.8) is 0 Å². The SMILES string of the molecule is COCCC(C)C(=O)C(C)(C)N(C)C. The van der Waals surface area contributed by atoms with E-state index in [2.05, 4.69) is 0 Å². The summed E-state index contributed by atoms with van der Waals surface area (Å²) < 4.78 is 4.97. The monoisotopic (exact) mass is 201 g/mol. The van der Waals surface area contributed by atoms with E-state index in [4.69, 9.17) is 4.74 Å². The highest BCUT2D eigenvalue weighted by Gasteiger charge is 2.32. The van der Waals surface area contributed by atoms with Crippen LogP contribution in [-0.4, -0.2) is 44.0 Å². The van der Waals surface area contributed by atoms with Crippen LogP contribution in [0.4, 0.5) is 0 Å². The average Bonchev–Trinajstić information content (AvgIpc) is 2.12. The minimum absolute atomic E-state index is 0.0624. The van der Waals surface area contributed by atoms with Crippen molar-refractivity contribution in [2.45, 2.75) is 32.7 Å². The molecule has 0 saturated heterocycles. The van der Waals surface area contributed by atoms with Crippen molar-refractivity contribution in [1.82, 2.24) is 4.90 Å². The molecule has 3 heteroatoms. The van der Waals surface area contributed by atoms with Crippen molar-refractivity contribution in [1.29, 1.82) is 0 Å². The topological polar surface area (TPSA) is 29.5 Å². The van der Waals surface area contributed by atoms with Crippen molar-refractivity contribution >= 4 is 5.78 Å². The minimum Gasteiger partial charge on any atom is -0.385 e. The van der Waals surface area contributed by atoms with E-state index in [0.717, 1.165) is 6.42 Å².